The highest BCUT2D eigenvalue weighted by molar-refractivity contribution is 5.80. The van der Waals surface area contributed by atoms with Crippen molar-refractivity contribution < 1.29 is 4.74 Å². The molecule has 1 aromatic heterocycles. The van der Waals surface area contributed by atoms with E-state index in [0.717, 1.165) is 55.5 Å². The van der Waals surface area contributed by atoms with Crippen LogP contribution < -0.4 is 10.2 Å². The number of para-hydroxylation sites is 2. The maximum Gasteiger partial charge on any atom is 0.172 e. The molecule has 5 nitrogen and oxygen atoms in total. The van der Waals surface area contributed by atoms with Crippen molar-refractivity contribution in [2.75, 3.05) is 36.5 Å². The first kappa shape index (κ1) is 14.9. The minimum Gasteiger partial charge on any atom is -0.378 e. The minimum atomic E-state index is 0.727. The Kier molecular flexibility index (Phi) is 4.25. The Morgan fingerprint density at radius 3 is 2.29 bits per heavy atom. The predicted molar refractivity (Wildman–Crippen MR) is 96.3 cm³/mol. The number of rotatable bonds is 4. The van der Waals surface area contributed by atoms with E-state index >= 15 is 0 Å². The Balaban J connectivity index is 1.67. The average Bonchev–Trinajstić information content (AvgIpc) is 2.67. The van der Waals surface area contributed by atoms with Crippen LogP contribution >= 0.6 is 0 Å². The van der Waals surface area contributed by atoms with Crippen LogP contribution in [0.2, 0.25) is 0 Å². The maximum atomic E-state index is 5.47. The van der Waals surface area contributed by atoms with Crippen molar-refractivity contribution in [3.63, 3.8) is 0 Å². The third-order valence-electron chi connectivity index (χ3n) is 4.17. The van der Waals surface area contributed by atoms with Crippen LogP contribution in [0.4, 0.5) is 11.6 Å². The van der Waals surface area contributed by atoms with E-state index < -0.39 is 0 Å². The Morgan fingerprint density at radius 1 is 0.875 bits per heavy atom. The highest BCUT2D eigenvalue weighted by Crippen LogP contribution is 2.26. The fraction of sp³-hybridized carbons (Fsp3) is 0.263. The number of morpholine rings is 1. The molecule has 0 aliphatic carbocycles. The van der Waals surface area contributed by atoms with E-state index in [9.17, 15) is 0 Å². The Morgan fingerprint density at radius 2 is 1.54 bits per heavy atom. The summed E-state index contributed by atoms with van der Waals surface area (Å²) in [6.07, 6.45) is 0. The zero-order valence-electron chi connectivity index (χ0n) is 13.5. The Labute approximate surface area is 141 Å². The number of nitrogens with one attached hydrogen (secondary N) is 1. The summed E-state index contributed by atoms with van der Waals surface area (Å²) >= 11 is 0. The largest absolute Gasteiger partial charge is 0.378 e. The maximum absolute atomic E-state index is 5.47. The van der Waals surface area contributed by atoms with Gasteiger partial charge >= 0.3 is 0 Å². The molecule has 0 bridgehead atoms. The molecule has 4 rings (SSSR count). The summed E-state index contributed by atoms with van der Waals surface area (Å²) in [6, 6.07) is 18.3. The monoisotopic (exact) mass is 320 g/mol. The molecule has 0 unspecified atom stereocenters. The third-order valence-corrected chi connectivity index (χ3v) is 4.17. The van der Waals surface area contributed by atoms with Gasteiger partial charge in [-0.2, -0.15) is 0 Å². The second-order valence-electron chi connectivity index (χ2n) is 5.82. The van der Waals surface area contributed by atoms with E-state index in [0.29, 0.717) is 0 Å². The highest BCUT2D eigenvalue weighted by atomic mass is 16.5. The first-order chi connectivity index (χ1) is 11.9. The van der Waals surface area contributed by atoms with Crippen molar-refractivity contribution in [3.8, 4) is 0 Å². The fourth-order valence-corrected chi connectivity index (χ4v) is 2.89. The van der Waals surface area contributed by atoms with Crippen molar-refractivity contribution in [1.82, 2.24) is 9.97 Å². The lowest BCUT2D eigenvalue weighted by Crippen LogP contribution is -2.37. The quantitative estimate of drug-likeness (QED) is 0.800. The van der Waals surface area contributed by atoms with Gasteiger partial charge in [0.25, 0.3) is 0 Å². The summed E-state index contributed by atoms with van der Waals surface area (Å²) in [4.78, 5) is 11.9. The van der Waals surface area contributed by atoms with Crippen LogP contribution in [-0.4, -0.2) is 36.3 Å². The molecule has 1 N–H and O–H groups in total. The molecule has 1 aliphatic rings. The van der Waals surface area contributed by atoms with Crippen molar-refractivity contribution in [1.29, 1.82) is 0 Å². The summed E-state index contributed by atoms with van der Waals surface area (Å²) in [5, 5.41) is 3.46. The molecule has 5 heteroatoms. The van der Waals surface area contributed by atoms with Crippen molar-refractivity contribution in [2.45, 2.75) is 6.54 Å². The minimum absolute atomic E-state index is 0.727. The number of aromatic nitrogens is 2. The average molecular weight is 320 g/mol. The van der Waals surface area contributed by atoms with E-state index in [-0.39, 0.29) is 0 Å². The SMILES string of the molecule is c1ccc(CNc2nc3ccccc3nc2N2CCOCC2)cc1. The van der Waals surface area contributed by atoms with Gasteiger partial charge in [-0.1, -0.05) is 42.5 Å². The topological polar surface area (TPSA) is 50.3 Å². The second kappa shape index (κ2) is 6.84. The molecule has 24 heavy (non-hydrogen) atoms. The van der Waals surface area contributed by atoms with Gasteiger partial charge in [0.15, 0.2) is 11.6 Å². The lowest BCUT2D eigenvalue weighted by atomic mass is 10.2. The first-order valence-corrected chi connectivity index (χ1v) is 8.27. The Bertz CT molecular complexity index is 816. The molecule has 122 valence electrons. The van der Waals surface area contributed by atoms with Gasteiger partial charge in [0, 0.05) is 19.6 Å². The third kappa shape index (κ3) is 3.16. The van der Waals surface area contributed by atoms with Crippen molar-refractivity contribution >= 4 is 22.7 Å². The van der Waals surface area contributed by atoms with Crippen molar-refractivity contribution in [3.05, 3.63) is 60.2 Å². The molecular weight excluding hydrogens is 300 g/mol. The number of hydrogen-bond donors (Lipinski definition) is 1. The number of nitrogens with zero attached hydrogens (tertiary/aromatic N) is 3. The van der Waals surface area contributed by atoms with Gasteiger partial charge in [-0.05, 0) is 17.7 Å². The van der Waals surface area contributed by atoms with Gasteiger partial charge in [0.1, 0.15) is 0 Å². The number of anilines is 2. The molecule has 1 saturated heterocycles. The van der Waals surface area contributed by atoms with Gasteiger partial charge < -0.3 is 15.0 Å². The smallest absolute Gasteiger partial charge is 0.172 e. The van der Waals surface area contributed by atoms with Crippen LogP contribution in [0.25, 0.3) is 11.0 Å². The molecule has 1 fully saturated rings. The number of benzene rings is 2. The number of fused-ring (bicyclic) bond motifs is 1. The van der Waals surface area contributed by atoms with Gasteiger partial charge in [-0.3, -0.25) is 0 Å². The summed E-state index contributed by atoms with van der Waals surface area (Å²) < 4.78 is 5.47. The molecule has 2 heterocycles. The van der Waals surface area contributed by atoms with Crippen molar-refractivity contribution in [2.24, 2.45) is 0 Å². The first-order valence-electron chi connectivity index (χ1n) is 8.27. The summed E-state index contributed by atoms with van der Waals surface area (Å²) in [7, 11) is 0. The molecule has 0 radical (unpaired) electrons. The van der Waals surface area contributed by atoms with Gasteiger partial charge in [-0.25, -0.2) is 9.97 Å². The van der Waals surface area contributed by atoms with Crippen LogP contribution in [0, 0.1) is 0 Å². The molecule has 0 amide bonds. The fourth-order valence-electron chi connectivity index (χ4n) is 2.89. The number of hydrogen-bond acceptors (Lipinski definition) is 5. The zero-order chi connectivity index (χ0) is 16.2. The lowest BCUT2D eigenvalue weighted by Gasteiger charge is -2.29. The predicted octanol–water partition coefficient (Wildman–Crippen LogP) is 3.08. The molecule has 1 aliphatic heterocycles. The molecular formula is C19H20N4O. The van der Waals surface area contributed by atoms with E-state index in [1.165, 1.54) is 5.56 Å². The number of ether oxygens (including phenoxy) is 1. The van der Waals surface area contributed by atoms with Crippen LogP contribution in [0.3, 0.4) is 0 Å². The normalized spacial score (nSPS) is 14.8. The van der Waals surface area contributed by atoms with E-state index in [1.54, 1.807) is 0 Å². The van der Waals surface area contributed by atoms with Crippen LogP contribution in [-0.2, 0) is 11.3 Å². The van der Waals surface area contributed by atoms with Gasteiger partial charge in [0.2, 0.25) is 0 Å². The highest BCUT2D eigenvalue weighted by Gasteiger charge is 2.18. The molecule has 3 aromatic rings. The molecule has 0 saturated carbocycles. The Hall–Kier alpha value is -2.66. The van der Waals surface area contributed by atoms with Gasteiger partial charge in [-0.15, -0.1) is 0 Å². The van der Waals surface area contributed by atoms with Crippen LogP contribution in [0.5, 0.6) is 0 Å². The summed E-state index contributed by atoms with van der Waals surface area (Å²) in [5.41, 5.74) is 3.05. The molecule has 2 aromatic carbocycles. The zero-order valence-corrected chi connectivity index (χ0v) is 13.5. The molecule has 0 atom stereocenters. The van der Waals surface area contributed by atoms with E-state index in [2.05, 4.69) is 22.3 Å². The van der Waals surface area contributed by atoms with Gasteiger partial charge in [0.05, 0.1) is 24.2 Å². The lowest BCUT2D eigenvalue weighted by molar-refractivity contribution is 0.122. The summed E-state index contributed by atoms with van der Waals surface area (Å²) in [5.74, 6) is 1.74. The standard InChI is InChI=1S/C19H20N4O/c1-2-6-15(7-3-1)14-20-18-19(23-10-12-24-13-11-23)22-17-9-5-4-8-16(17)21-18/h1-9H,10-14H2,(H,20,21). The van der Waals surface area contributed by atoms with E-state index in [1.807, 2.05) is 42.5 Å². The van der Waals surface area contributed by atoms with E-state index in [4.69, 9.17) is 14.7 Å². The second-order valence-corrected chi connectivity index (χ2v) is 5.82. The van der Waals surface area contributed by atoms with Crippen LogP contribution in [0.15, 0.2) is 54.6 Å². The van der Waals surface area contributed by atoms with Crippen LogP contribution in [0.1, 0.15) is 5.56 Å². The summed E-state index contributed by atoms with van der Waals surface area (Å²) in [6.45, 7) is 3.87. The molecule has 0 spiro atoms.